The number of hydrazone groups is 1. The van der Waals surface area contributed by atoms with Crippen LogP contribution < -0.4 is 0 Å². The molecule has 1 aliphatic rings. The van der Waals surface area contributed by atoms with Gasteiger partial charge in [-0.3, -0.25) is 0 Å². The van der Waals surface area contributed by atoms with Gasteiger partial charge < -0.3 is 5.11 Å². The van der Waals surface area contributed by atoms with Crippen molar-refractivity contribution < 1.29 is 9.79 Å². The van der Waals surface area contributed by atoms with Gasteiger partial charge >= 0.3 is 5.79 Å². The molecule has 1 N–H and O–H groups in total. The number of aliphatic hydroxyl groups excluding tert-OH is 1. The standard InChI is InChI=1S/C11H13N6O/c18-10-11(15-7-1-4-12-15,16-8-2-5-13-16)17-9-3-6-14-17/h1-2,4-9,18H,3,10H2/q+1. The summed E-state index contributed by atoms with van der Waals surface area (Å²) in [5.74, 6) is -0.986. The Balaban J connectivity index is 2.21. The van der Waals surface area contributed by atoms with Gasteiger partial charge in [-0.1, -0.05) is 0 Å². The lowest BCUT2D eigenvalue weighted by Crippen LogP contribution is -2.52. The zero-order valence-corrected chi connectivity index (χ0v) is 9.66. The molecule has 1 aliphatic heterocycles. The van der Waals surface area contributed by atoms with Gasteiger partial charge in [-0.05, 0) is 21.9 Å². The highest BCUT2D eigenvalue weighted by atomic mass is 16.3. The number of nitrogens with zero attached hydrogens (tertiary/aromatic N) is 6. The molecule has 2 aromatic heterocycles. The molecule has 0 radical (unpaired) electrons. The van der Waals surface area contributed by atoms with Crippen molar-refractivity contribution in [1.82, 2.24) is 19.6 Å². The van der Waals surface area contributed by atoms with Gasteiger partial charge in [0.25, 0.3) is 0 Å². The van der Waals surface area contributed by atoms with Crippen LogP contribution in [0.5, 0.6) is 0 Å². The Bertz CT molecular complexity index is 534. The Labute approximate surface area is 103 Å². The minimum atomic E-state index is -0.986. The summed E-state index contributed by atoms with van der Waals surface area (Å²) in [5.41, 5.74) is 0. The lowest BCUT2D eigenvalue weighted by molar-refractivity contribution is -0.653. The highest BCUT2D eigenvalue weighted by Crippen LogP contribution is 2.20. The van der Waals surface area contributed by atoms with Gasteiger partial charge in [0, 0.05) is 24.8 Å². The van der Waals surface area contributed by atoms with E-state index in [1.807, 2.05) is 6.21 Å². The highest BCUT2D eigenvalue weighted by Gasteiger charge is 2.48. The second-order valence-electron chi connectivity index (χ2n) is 3.89. The number of hydrogen-bond donors (Lipinski definition) is 1. The van der Waals surface area contributed by atoms with E-state index in [0.29, 0.717) is 0 Å². The zero-order valence-electron chi connectivity index (χ0n) is 9.66. The van der Waals surface area contributed by atoms with Crippen LogP contribution >= 0.6 is 0 Å². The van der Waals surface area contributed by atoms with E-state index < -0.39 is 5.79 Å². The third-order valence-corrected chi connectivity index (χ3v) is 2.91. The third-order valence-electron chi connectivity index (χ3n) is 2.91. The number of aromatic nitrogens is 4. The molecular weight excluding hydrogens is 232 g/mol. The maximum atomic E-state index is 9.92. The maximum Gasteiger partial charge on any atom is 0.410 e. The largest absolute Gasteiger partial charge is 0.410 e. The van der Waals surface area contributed by atoms with Crippen LogP contribution in [-0.4, -0.2) is 48.4 Å². The first-order chi connectivity index (χ1) is 8.88. The summed E-state index contributed by atoms with van der Waals surface area (Å²) in [4.78, 5) is 0. The minimum absolute atomic E-state index is 0.204. The van der Waals surface area contributed by atoms with E-state index in [4.69, 9.17) is 0 Å². The van der Waals surface area contributed by atoms with Crippen LogP contribution in [0.15, 0.2) is 42.0 Å². The number of aliphatic hydroxyl groups is 1. The zero-order chi connectivity index (χ0) is 12.4. The topological polar surface area (TPSA) is 71.2 Å². The summed E-state index contributed by atoms with van der Waals surface area (Å²) >= 11 is 0. The molecule has 0 bridgehead atoms. The molecule has 3 rings (SSSR count). The van der Waals surface area contributed by atoms with E-state index in [0.717, 1.165) is 6.42 Å². The van der Waals surface area contributed by atoms with E-state index in [-0.39, 0.29) is 6.61 Å². The molecule has 0 fully saturated rings. The lowest BCUT2D eigenvalue weighted by Gasteiger charge is -2.24. The molecule has 0 aliphatic carbocycles. The third kappa shape index (κ3) is 1.41. The molecule has 18 heavy (non-hydrogen) atoms. The molecule has 0 saturated heterocycles. The van der Waals surface area contributed by atoms with Crippen LogP contribution in [0.25, 0.3) is 0 Å². The maximum absolute atomic E-state index is 9.92. The summed E-state index contributed by atoms with van der Waals surface area (Å²) in [6.45, 7) is -0.204. The van der Waals surface area contributed by atoms with Crippen molar-refractivity contribution in [3.63, 3.8) is 0 Å². The highest BCUT2D eigenvalue weighted by molar-refractivity contribution is 5.78. The molecule has 0 saturated carbocycles. The van der Waals surface area contributed by atoms with Crippen molar-refractivity contribution in [3.05, 3.63) is 36.9 Å². The summed E-state index contributed by atoms with van der Waals surface area (Å²) in [5, 5.41) is 22.6. The Kier molecular flexibility index (Phi) is 2.52. The molecule has 0 amide bonds. The molecule has 0 spiro atoms. The molecule has 92 valence electrons. The van der Waals surface area contributed by atoms with Crippen molar-refractivity contribution in [2.24, 2.45) is 5.10 Å². The van der Waals surface area contributed by atoms with Crippen molar-refractivity contribution in [2.45, 2.75) is 12.2 Å². The quantitative estimate of drug-likeness (QED) is 0.752. The van der Waals surface area contributed by atoms with E-state index in [1.54, 1.807) is 57.2 Å². The van der Waals surface area contributed by atoms with Gasteiger partial charge in [-0.2, -0.15) is 19.6 Å². The fourth-order valence-electron chi connectivity index (χ4n) is 2.06. The van der Waals surface area contributed by atoms with E-state index in [2.05, 4.69) is 15.3 Å². The van der Waals surface area contributed by atoms with Crippen molar-refractivity contribution in [1.29, 1.82) is 0 Å². The van der Waals surface area contributed by atoms with Crippen LogP contribution in [0.1, 0.15) is 6.42 Å². The summed E-state index contributed by atoms with van der Waals surface area (Å²) in [6, 6.07) is 3.60. The fourth-order valence-corrected chi connectivity index (χ4v) is 2.06. The molecule has 2 aromatic rings. The monoisotopic (exact) mass is 245 g/mol. The van der Waals surface area contributed by atoms with E-state index in [1.165, 1.54) is 0 Å². The van der Waals surface area contributed by atoms with Crippen LogP contribution in [-0.2, 0) is 5.79 Å². The van der Waals surface area contributed by atoms with Crippen LogP contribution in [0.2, 0.25) is 0 Å². The predicted octanol–water partition coefficient (Wildman–Crippen LogP) is -0.297. The van der Waals surface area contributed by atoms with Gasteiger partial charge in [-0.15, -0.1) is 0 Å². The lowest BCUT2D eigenvalue weighted by atomic mass is 10.3. The Hall–Kier alpha value is -2.28. The van der Waals surface area contributed by atoms with Crippen molar-refractivity contribution >= 4 is 12.4 Å². The van der Waals surface area contributed by atoms with Gasteiger partial charge in [0.1, 0.15) is 0 Å². The summed E-state index contributed by atoms with van der Waals surface area (Å²) < 4.78 is 4.95. The summed E-state index contributed by atoms with van der Waals surface area (Å²) in [7, 11) is 0. The molecule has 7 nitrogen and oxygen atoms in total. The average Bonchev–Trinajstić information content (AvgIpc) is 3.16. The molecule has 0 aromatic carbocycles. The number of rotatable bonds is 4. The SMILES string of the molecule is OCC(n1cccn1)(n1cccn1)[N+]1=CCC=N1. The normalized spacial score (nSPS) is 15.1. The molecule has 0 atom stereocenters. The Morgan fingerprint density at radius 3 is 2.22 bits per heavy atom. The fraction of sp³-hybridized carbons (Fsp3) is 0.273. The molecule has 7 heteroatoms. The van der Waals surface area contributed by atoms with E-state index in [9.17, 15) is 5.11 Å². The van der Waals surface area contributed by atoms with Crippen LogP contribution in [0, 0.1) is 0 Å². The smallest absolute Gasteiger partial charge is 0.384 e. The van der Waals surface area contributed by atoms with Crippen molar-refractivity contribution in [3.8, 4) is 0 Å². The summed E-state index contributed by atoms with van der Waals surface area (Å²) in [6.07, 6.45) is 11.3. The van der Waals surface area contributed by atoms with Gasteiger partial charge in [0.15, 0.2) is 12.8 Å². The minimum Gasteiger partial charge on any atom is -0.384 e. The second-order valence-corrected chi connectivity index (χ2v) is 3.89. The molecular formula is C11H13N6O+. The van der Waals surface area contributed by atoms with Gasteiger partial charge in [0.05, 0.1) is 12.6 Å². The molecule has 0 unspecified atom stereocenters. The number of hydrogen-bond acceptors (Lipinski definition) is 4. The first kappa shape index (κ1) is 10.8. The first-order valence-electron chi connectivity index (χ1n) is 5.64. The second kappa shape index (κ2) is 4.19. The average molecular weight is 245 g/mol. The van der Waals surface area contributed by atoms with E-state index >= 15 is 0 Å². The predicted molar refractivity (Wildman–Crippen MR) is 64.3 cm³/mol. The molecule has 3 heterocycles. The van der Waals surface area contributed by atoms with Crippen LogP contribution in [0.3, 0.4) is 0 Å². The van der Waals surface area contributed by atoms with Crippen LogP contribution in [0.4, 0.5) is 0 Å². The van der Waals surface area contributed by atoms with Gasteiger partial charge in [-0.25, -0.2) is 0 Å². The van der Waals surface area contributed by atoms with Crippen molar-refractivity contribution in [2.75, 3.05) is 6.61 Å². The Morgan fingerprint density at radius 1 is 1.17 bits per heavy atom. The first-order valence-corrected chi connectivity index (χ1v) is 5.64. The van der Waals surface area contributed by atoms with Gasteiger partial charge in [0.2, 0.25) is 0 Å². The Morgan fingerprint density at radius 2 is 1.83 bits per heavy atom.